The third-order valence-electron chi connectivity index (χ3n) is 9.31. The van der Waals surface area contributed by atoms with Crippen LogP contribution < -0.4 is 5.32 Å². The minimum Gasteiger partial charge on any atom is -0.390 e. The quantitative estimate of drug-likeness (QED) is 0.529. The number of likely N-dealkylation sites (tertiary alicyclic amines) is 1. The van der Waals surface area contributed by atoms with Crippen LogP contribution in [-0.2, 0) is 25.5 Å². The summed E-state index contributed by atoms with van der Waals surface area (Å²) in [4.78, 5) is 2.51. The Hall–Kier alpha value is -1.10. The standard InChI is InChI=1S/C21H31NO4.C8H15NO2/c1-20(23-3)21(2,24-4)26-19-17(16-10-11-16)13-22(14-18(19)25-20)12-15-8-6-5-7-9-15;10-7-4-9-3-6(8(7)11)5-1-2-5/h5-9,16-19H,10-14H2,1-4H3;5-11H,1-4H2/t17-,18-,19-,20+,21+;6-,7-,8-/m11/s1. The van der Waals surface area contributed by atoms with Gasteiger partial charge in [0.15, 0.2) is 0 Å². The van der Waals surface area contributed by atoms with Gasteiger partial charge in [-0.1, -0.05) is 30.3 Å². The second-order valence-electron chi connectivity index (χ2n) is 11.9. The van der Waals surface area contributed by atoms with E-state index in [1.54, 1.807) is 14.2 Å². The molecule has 3 heterocycles. The van der Waals surface area contributed by atoms with Crippen LogP contribution in [0.4, 0.5) is 0 Å². The average Bonchev–Trinajstić information content (AvgIpc) is 3.81. The molecule has 3 saturated heterocycles. The van der Waals surface area contributed by atoms with Crippen LogP contribution in [0, 0.1) is 23.7 Å². The van der Waals surface area contributed by atoms with E-state index >= 15 is 0 Å². The first-order chi connectivity index (χ1) is 17.8. The maximum absolute atomic E-state index is 9.56. The molecule has 2 aliphatic carbocycles. The monoisotopic (exact) mass is 518 g/mol. The fourth-order valence-corrected chi connectivity index (χ4v) is 6.41. The number of aliphatic hydroxyl groups is 2. The molecule has 3 N–H and O–H groups in total. The van der Waals surface area contributed by atoms with E-state index in [9.17, 15) is 10.2 Å². The summed E-state index contributed by atoms with van der Waals surface area (Å²) in [6.45, 7) is 8.10. The van der Waals surface area contributed by atoms with Crippen LogP contribution in [0.5, 0.6) is 0 Å². The third-order valence-corrected chi connectivity index (χ3v) is 9.31. The molecule has 5 aliphatic rings. The van der Waals surface area contributed by atoms with Gasteiger partial charge in [0, 0.05) is 58.8 Å². The Morgan fingerprint density at radius 1 is 0.892 bits per heavy atom. The van der Waals surface area contributed by atoms with Crippen molar-refractivity contribution < 1.29 is 29.2 Å². The normalized spacial score (nSPS) is 42.4. The molecule has 3 aliphatic heterocycles. The molecule has 0 spiro atoms. The summed E-state index contributed by atoms with van der Waals surface area (Å²) in [6.07, 6.45) is 4.07. The Morgan fingerprint density at radius 3 is 2.14 bits per heavy atom. The van der Waals surface area contributed by atoms with Gasteiger partial charge < -0.3 is 34.5 Å². The van der Waals surface area contributed by atoms with Crippen LogP contribution in [0.1, 0.15) is 45.1 Å². The number of methoxy groups -OCH3 is 2. The highest BCUT2D eigenvalue weighted by Gasteiger charge is 2.60. The highest BCUT2D eigenvalue weighted by atomic mass is 16.8. The van der Waals surface area contributed by atoms with Gasteiger partial charge in [-0.2, -0.15) is 0 Å². The number of ether oxygens (including phenoxy) is 4. The van der Waals surface area contributed by atoms with E-state index in [1.807, 2.05) is 13.8 Å². The van der Waals surface area contributed by atoms with Crippen molar-refractivity contribution in [1.29, 1.82) is 0 Å². The van der Waals surface area contributed by atoms with Crippen molar-refractivity contribution >= 4 is 0 Å². The minimum atomic E-state index is -0.924. The molecule has 1 aromatic carbocycles. The first-order valence-electron chi connectivity index (χ1n) is 14.1. The summed E-state index contributed by atoms with van der Waals surface area (Å²) in [5.41, 5.74) is 1.34. The highest BCUT2D eigenvalue weighted by Crippen LogP contribution is 2.49. The van der Waals surface area contributed by atoms with Crippen molar-refractivity contribution in [3.05, 3.63) is 35.9 Å². The molecule has 8 nitrogen and oxygen atoms in total. The van der Waals surface area contributed by atoms with Crippen LogP contribution in [0.2, 0.25) is 0 Å². The summed E-state index contributed by atoms with van der Waals surface area (Å²) in [7, 11) is 3.32. The summed E-state index contributed by atoms with van der Waals surface area (Å²) in [6, 6.07) is 10.7. The number of benzene rings is 1. The van der Waals surface area contributed by atoms with Crippen molar-refractivity contribution in [2.45, 2.75) is 82.1 Å². The van der Waals surface area contributed by atoms with Gasteiger partial charge in [0.25, 0.3) is 0 Å². The molecule has 2 saturated carbocycles. The second-order valence-corrected chi connectivity index (χ2v) is 11.9. The van der Waals surface area contributed by atoms with Crippen LogP contribution in [0.15, 0.2) is 30.3 Å². The van der Waals surface area contributed by atoms with Gasteiger partial charge in [-0.05, 0) is 56.9 Å². The third kappa shape index (κ3) is 5.92. The van der Waals surface area contributed by atoms with Gasteiger partial charge in [-0.15, -0.1) is 0 Å². The maximum Gasteiger partial charge on any atom is 0.220 e. The fraction of sp³-hybridized carbons (Fsp3) is 0.793. The van der Waals surface area contributed by atoms with Crippen LogP contribution in [-0.4, -0.2) is 91.5 Å². The van der Waals surface area contributed by atoms with Crippen molar-refractivity contribution in [3.63, 3.8) is 0 Å². The van der Waals surface area contributed by atoms with Crippen molar-refractivity contribution in [1.82, 2.24) is 10.2 Å². The molecule has 1 aromatic rings. The van der Waals surface area contributed by atoms with E-state index < -0.39 is 23.8 Å². The lowest BCUT2D eigenvalue weighted by Crippen LogP contribution is -2.70. The lowest BCUT2D eigenvalue weighted by Gasteiger charge is -2.56. The summed E-state index contributed by atoms with van der Waals surface area (Å²) < 4.78 is 24.5. The van der Waals surface area contributed by atoms with Gasteiger partial charge in [0.1, 0.15) is 6.10 Å². The number of hydrogen-bond acceptors (Lipinski definition) is 8. The Labute approximate surface area is 221 Å². The van der Waals surface area contributed by atoms with E-state index in [0.717, 1.165) is 32.1 Å². The zero-order chi connectivity index (χ0) is 26.2. The Kier molecular flexibility index (Phi) is 8.30. The van der Waals surface area contributed by atoms with Gasteiger partial charge >= 0.3 is 0 Å². The average molecular weight is 519 g/mol. The number of nitrogens with zero attached hydrogens (tertiary/aromatic N) is 1. The molecule has 0 bridgehead atoms. The molecule has 0 amide bonds. The first kappa shape index (κ1) is 27.5. The number of piperidine rings is 2. The van der Waals surface area contributed by atoms with Crippen molar-refractivity contribution in [3.8, 4) is 0 Å². The minimum absolute atomic E-state index is 0.00811. The fourth-order valence-electron chi connectivity index (χ4n) is 6.41. The predicted molar refractivity (Wildman–Crippen MR) is 140 cm³/mol. The molecule has 0 radical (unpaired) electrons. The smallest absolute Gasteiger partial charge is 0.220 e. The molecule has 8 heteroatoms. The van der Waals surface area contributed by atoms with Crippen LogP contribution >= 0.6 is 0 Å². The topological polar surface area (TPSA) is 92.7 Å². The van der Waals surface area contributed by atoms with Crippen molar-refractivity contribution in [2.75, 3.05) is 40.4 Å². The number of nitrogens with one attached hydrogen (secondary N) is 1. The zero-order valence-corrected chi connectivity index (χ0v) is 22.8. The molecule has 37 heavy (non-hydrogen) atoms. The summed E-state index contributed by atoms with van der Waals surface area (Å²) in [5, 5.41) is 22.0. The number of aliphatic hydroxyl groups excluding tert-OH is 2. The second kappa shape index (κ2) is 11.2. The Balaban J connectivity index is 0.000000212. The van der Waals surface area contributed by atoms with E-state index in [2.05, 4.69) is 40.5 Å². The Morgan fingerprint density at radius 2 is 1.51 bits per heavy atom. The van der Waals surface area contributed by atoms with E-state index in [0.29, 0.717) is 24.3 Å². The predicted octanol–water partition coefficient (Wildman–Crippen LogP) is 2.38. The molecule has 6 rings (SSSR count). The van der Waals surface area contributed by atoms with Crippen LogP contribution in [0.3, 0.4) is 0 Å². The number of rotatable bonds is 6. The molecule has 208 valence electrons. The number of hydrogen-bond donors (Lipinski definition) is 3. The van der Waals surface area contributed by atoms with E-state index in [4.69, 9.17) is 18.9 Å². The zero-order valence-electron chi connectivity index (χ0n) is 22.8. The molecule has 5 fully saturated rings. The molecular formula is C29H46N2O6. The summed E-state index contributed by atoms with van der Waals surface area (Å²) >= 11 is 0. The first-order valence-corrected chi connectivity index (χ1v) is 14.1. The largest absolute Gasteiger partial charge is 0.390 e. The number of fused-ring (bicyclic) bond motifs is 1. The SMILES string of the molecule is CO[C@@]1(C)O[C@@H]2[C@@H](C3CC3)CN(Cc3ccccc3)C[C@H]2O[C@]1(C)OC.O[C@H]1[C@H](O)CNC[C@@H]1C1CC1. The Bertz CT molecular complexity index is 882. The van der Waals surface area contributed by atoms with Crippen molar-refractivity contribution in [2.24, 2.45) is 23.7 Å². The lowest BCUT2D eigenvalue weighted by atomic mass is 9.86. The summed E-state index contributed by atoms with van der Waals surface area (Å²) in [5.74, 6) is 0.363. The van der Waals surface area contributed by atoms with E-state index in [-0.39, 0.29) is 12.2 Å². The highest BCUT2D eigenvalue weighted by molar-refractivity contribution is 5.15. The molecular weight excluding hydrogens is 472 g/mol. The number of β-amino-alcohol motifs (C(OH)–C–C–N with tert-alkyl or cyclic N) is 1. The van der Waals surface area contributed by atoms with Gasteiger partial charge in [-0.3, -0.25) is 4.90 Å². The van der Waals surface area contributed by atoms with Gasteiger partial charge in [0.2, 0.25) is 11.6 Å². The maximum atomic E-state index is 9.56. The molecule has 8 atom stereocenters. The van der Waals surface area contributed by atoms with Gasteiger partial charge in [0.05, 0.1) is 18.3 Å². The lowest BCUT2D eigenvalue weighted by molar-refractivity contribution is -0.457. The van der Waals surface area contributed by atoms with E-state index in [1.165, 1.54) is 31.2 Å². The molecule has 0 aromatic heterocycles. The van der Waals surface area contributed by atoms with Crippen LogP contribution in [0.25, 0.3) is 0 Å². The van der Waals surface area contributed by atoms with Gasteiger partial charge in [-0.25, -0.2) is 0 Å². The molecule has 0 unspecified atom stereocenters.